The van der Waals surface area contributed by atoms with Crippen LogP contribution in [0.4, 0.5) is 0 Å². The lowest BCUT2D eigenvalue weighted by molar-refractivity contribution is 0.239. The van der Waals surface area contributed by atoms with E-state index in [1.807, 2.05) is 13.1 Å². The van der Waals surface area contributed by atoms with Crippen molar-refractivity contribution in [3.8, 4) is 0 Å². The number of halogens is 1. The highest BCUT2D eigenvalue weighted by Crippen LogP contribution is 2.48. The molecule has 0 rings (SSSR count). The maximum Gasteiger partial charge on any atom is 0.188 e. The summed E-state index contributed by atoms with van der Waals surface area (Å²) in [6, 6.07) is 0. The highest BCUT2D eigenvalue weighted by Gasteiger charge is 2.42. The van der Waals surface area contributed by atoms with E-state index in [1.165, 1.54) is 0 Å². The van der Waals surface area contributed by atoms with Crippen LogP contribution in [0, 0.1) is 5.41 Å². The van der Waals surface area contributed by atoms with E-state index < -0.39 is 8.32 Å². The zero-order chi connectivity index (χ0) is 13.4. The summed E-state index contributed by atoms with van der Waals surface area (Å²) in [5.41, 5.74) is 0.253. The zero-order valence-corrected chi connectivity index (χ0v) is 14.8. The van der Waals surface area contributed by atoms with E-state index in [-0.39, 0.29) is 14.8 Å². The lowest BCUT2D eigenvalue weighted by atomic mass is 9.77. The van der Waals surface area contributed by atoms with Gasteiger partial charge in [-0.2, -0.15) is 0 Å². The van der Waals surface area contributed by atoms with Gasteiger partial charge < -0.3 is 4.80 Å². The van der Waals surface area contributed by atoms with Gasteiger partial charge in [0.05, 0.1) is 0 Å². The van der Waals surface area contributed by atoms with Crippen molar-refractivity contribution in [3.05, 3.63) is 0 Å². The Morgan fingerprint density at radius 3 is 1.56 bits per heavy atom. The monoisotopic (exact) mass is 308 g/mol. The van der Waals surface area contributed by atoms with E-state index >= 15 is 0 Å². The molecule has 0 radical (unpaired) electrons. The molecule has 3 heteroatoms. The zero-order valence-electron chi connectivity index (χ0n) is 12.2. The van der Waals surface area contributed by atoms with Gasteiger partial charge in [-0.05, 0) is 36.4 Å². The second-order valence-corrected chi connectivity index (χ2v) is 14.3. The van der Waals surface area contributed by atoms with E-state index in [9.17, 15) is 4.80 Å². The van der Waals surface area contributed by atoms with E-state index in [2.05, 4.69) is 57.5 Å². The highest BCUT2D eigenvalue weighted by molar-refractivity contribution is 9.10. The van der Waals surface area contributed by atoms with Gasteiger partial charge >= 0.3 is 0 Å². The molecule has 0 bridgehead atoms. The van der Waals surface area contributed by atoms with Gasteiger partial charge in [-0.1, -0.05) is 57.5 Å². The van der Waals surface area contributed by atoms with Gasteiger partial charge in [-0.15, -0.1) is 0 Å². The Kier molecular flexibility index (Phi) is 4.93. The minimum Gasteiger partial charge on any atom is -0.432 e. The Labute approximate surface area is 111 Å². The smallest absolute Gasteiger partial charge is 0.188 e. The first kappa shape index (κ1) is 16.7. The Hall–Kier alpha value is 0.657. The van der Waals surface area contributed by atoms with Crippen molar-refractivity contribution in [3.63, 3.8) is 0 Å². The number of hydrogen-bond donors (Lipinski definition) is 1. The molecule has 0 unspecified atom stereocenters. The predicted molar refractivity (Wildman–Crippen MR) is 79.8 cm³/mol. The normalized spacial score (nSPS) is 15.4. The third-order valence-corrected chi connectivity index (χ3v) is 7.25. The van der Waals surface area contributed by atoms with Crippen molar-refractivity contribution in [2.24, 2.45) is 5.41 Å². The minimum atomic E-state index is -2.09. The molecule has 0 aromatic carbocycles. The topological polar surface area (TPSA) is 20.2 Å². The summed E-state index contributed by atoms with van der Waals surface area (Å²) in [6.07, 6.45) is 2.19. The molecule has 98 valence electrons. The quantitative estimate of drug-likeness (QED) is 0.563. The number of rotatable bonds is 5. The maximum absolute atomic E-state index is 10.3. The van der Waals surface area contributed by atoms with Crippen LogP contribution in [0.1, 0.15) is 54.4 Å². The Balaban J connectivity index is 4.72. The first-order chi connectivity index (χ1) is 6.66. The number of hydrogen-bond acceptors (Lipinski definition) is 1. The fourth-order valence-corrected chi connectivity index (χ4v) is 4.28. The van der Waals surface area contributed by atoms with Crippen LogP contribution in [0.5, 0.6) is 0 Å². The molecule has 0 saturated heterocycles. The predicted octanol–water partition coefficient (Wildman–Crippen LogP) is 4.94. The fraction of sp³-hybridized carbons (Fsp3) is 1.00. The van der Waals surface area contributed by atoms with Crippen molar-refractivity contribution < 1.29 is 4.80 Å². The second-order valence-electron chi connectivity index (χ2n) is 7.68. The fourth-order valence-electron chi connectivity index (χ4n) is 2.61. The molecule has 0 aliphatic heterocycles. The first-order valence-corrected chi connectivity index (χ1v) is 9.82. The summed E-state index contributed by atoms with van der Waals surface area (Å²) in [5.74, 6) is 0. The second kappa shape index (κ2) is 4.73. The molecule has 0 aliphatic carbocycles. The van der Waals surface area contributed by atoms with Crippen molar-refractivity contribution in [1.29, 1.82) is 0 Å². The van der Waals surface area contributed by atoms with Crippen LogP contribution in [-0.2, 0) is 0 Å². The van der Waals surface area contributed by atoms with Gasteiger partial charge in [0.1, 0.15) is 0 Å². The molecule has 0 aromatic rings. The Bertz CT molecular complexity index is 233. The minimum absolute atomic E-state index is 0.0642. The van der Waals surface area contributed by atoms with E-state index in [4.69, 9.17) is 0 Å². The molecule has 0 fully saturated rings. The van der Waals surface area contributed by atoms with E-state index in [0.717, 1.165) is 12.8 Å². The summed E-state index contributed by atoms with van der Waals surface area (Å²) < 4.78 is 0.174. The first-order valence-electron chi connectivity index (χ1n) is 6.08. The van der Waals surface area contributed by atoms with Gasteiger partial charge in [-0.25, -0.2) is 0 Å². The van der Waals surface area contributed by atoms with Gasteiger partial charge in [-0.3, -0.25) is 0 Å². The lowest BCUT2D eigenvalue weighted by Gasteiger charge is -2.43. The molecule has 16 heavy (non-hydrogen) atoms. The molecular weight excluding hydrogens is 280 g/mol. The average Bonchev–Trinajstić information content (AvgIpc) is 1.72. The molecular formula is C13H29BrOSi. The van der Waals surface area contributed by atoms with E-state index in [0.29, 0.717) is 0 Å². The summed E-state index contributed by atoms with van der Waals surface area (Å²) in [6.45, 7) is 17.5. The molecule has 0 saturated carbocycles. The molecule has 0 heterocycles. The van der Waals surface area contributed by atoms with Crippen LogP contribution in [0.25, 0.3) is 0 Å². The molecule has 0 aromatic heterocycles. The van der Waals surface area contributed by atoms with Crippen molar-refractivity contribution >= 4 is 24.2 Å². The van der Waals surface area contributed by atoms with Gasteiger partial charge in [0.25, 0.3) is 0 Å². The average molecular weight is 309 g/mol. The molecule has 1 N–H and O–H groups in total. The molecule has 0 aliphatic rings. The number of alkyl halides is 1. The SMILES string of the molecule is CC(C)(Br)CC(C)(C)CC(C)(C)[Si](C)(C)O. The van der Waals surface area contributed by atoms with Gasteiger partial charge in [0.15, 0.2) is 8.32 Å². The molecule has 0 atom stereocenters. The van der Waals surface area contributed by atoms with Crippen LogP contribution in [0.2, 0.25) is 18.1 Å². The van der Waals surface area contributed by atoms with Crippen molar-refractivity contribution in [1.82, 2.24) is 0 Å². The Morgan fingerprint density at radius 1 is 0.938 bits per heavy atom. The Morgan fingerprint density at radius 2 is 1.31 bits per heavy atom. The van der Waals surface area contributed by atoms with E-state index in [1.54, 1.807) is 0 Å². The van der Waals surface area contributed by atoms with Gasteiger partial charge in [0.2, 0.25) is 0 Å². The highest BCUT2D eigenvalue weighted by atomic mass is 79.9. The van der Waals surface area contributed by atoms with Crippen LogP contribution >= 0.6 is 15.9 Å². The summed E-state index contributed by atoms with van der Waals surface area (Å²) >= 11 is 3.72. The largest absolute Gasteiger partial charge is 0.432 e. The van der Waals surface area contributed by atoms with Gasteiger partial charge in [0, 0.05) is 4.32 Å². The van der Waals surface area contributed by atoms with Crippen molar-refractivity contribution in [2.45, 2.75) is 76.8 Å². The third kappa shape index (κ3) is 5.83. The van der Waals surface area contributed by atoms with Crippen LogP contribution in [0.15, 0.2) is 0 Å². The molecule has 1 nitrogen and oxygen atoms in total. The summed E-state index contributed by atoms with van der Waals surface area (Å²) in [5, 5.41) is 0.0642. The lowest BCUT2D eigenvalue weighted by Crippen LogP contribution is -2.42. The summed E-state index contributed by atoms with van der Waals surface area (Å²) in [4.78, 5) is 10.3. The standard InChI is InChI=1S/C13H29BrOSi/c1-11(2,9-12(3,4)14)10-13(5,6)16(7,8)15/h15H,9-10H2,1-8H3. The van der Waals surface area contributed by atoms with Crippen LogP contribution < -0.4 is 0 Å². The molecule has 0 spiro atoms. The summed E-state index contributed by atoms with van der Waals surface area (Å²) in [7, 11) is -2.09. The maximum atomic E-state index is 10.3. The third-order valence-electron chi connectivity index (χ3n) is 3.48. The molecule has 0 amide bonds. The van der Waals surface area contributed by atoms with Crippen molar-refractivity contribution in [2.75, 3.05) is 0 Å². The van der Waals surface area contributed by atoms with Crippen LogP contribution in [0.3, 0.4) is 0 Å². The van der Waals surface area contributed by atoms with Crippen LogP contribution in [-0.4, -0.2) is 17.4 Å².